The van der Waals surface area contributed by atoms with Gasteiger partial charge in [0.25, 0.3) is 11.5 Å². The van der Waals surface area contributed by atoms with Crippen molar-refractivity contribution in [3.05, 3.63) is 63.8 Å². The number of hydrogen-bond acceptors (Lipinski definition) is 13. The highest BCUT2D eigenvalue weighted by molar-refractivity contribution is 6.33. The van der Waals surface area contributed by atoms with E-state index < -0.39 is 17.6 Å². The maximum atomic E-state index is 15.9. The zero-order chi connectivity index (χ0) is 42.2. The summed E-state index contributed by atoms with van der Waals surface area (Å²) >= 11 is 6.54. The van der Waals surface area contributed by atoms with Gasteiger partial charge in [0.1, 0.15) is 16.8 Å². The van der Waals surface area contributed by atoms with Crippen molar-refractivity contribution in [2.75, 3.05) is 74.6 Å². The first kappa shape index (κ1) is 40.9. The van der Waals surface area contributed by atoms with Gasteiger partial charge in [0.2, 0.25) is 17.8 Å². The number of aryl methyl sites for hydroxylation is 1. The van der Waals surface area contributed by atoms with Gasteiger partial charge in [-0.05, 0) is 57.0 Å². The molecule has 3 N–H and O–H groups in total. The summed E-state index contributed by atoms with van der Waals surface area (Å²) in [5, 5.41) is 14.6. The number of hydrogen-bond donors (Lipinski definition) is 3. The largest absolute Gasteiger partial charge is 0.478 e. The van der Waals surface area contributed by atoms with Crippen LogP contribution < -0.4 is 36.0 Å². The monoisotopic (exact) mass is 842 g/mol. The third-order valence-corrected chi connectivity index (χ3v) is 11.9. The number of halogens is 2. The van der Waals surface area contributed by atoms with Gasteiger partial charge in [-0.15, -0.1) is 0 Å². The summed E-state index contributed by atoms with van der Waals surface area (Å²) in [6, 6.07) is 9.31. The lowest BCUT2D eigenvalue weighted by Gasteiger charge is -2.40. The van der Waals surface area contributed by atoms with Gasteiger partial charge in [-0.2, -0.15) is 10.1 Å². The predicted octanol–water partition coefficient (Wildman–Crippen LogP) is 3.68. The fourth-order valence-electron chi connectivity index (χ4n) is 8.34. The summed E-state index contributed by atoms with van der Waals surface area (Å²) in [4.78, 5) is 69.5. The van der Waals surface area contributed by atoms with E-state index in [0.29, 0.717) is 66.5 Å². The average molecular weight is 843 g/mol. The molecule has 3 aliphatic heterocycles. The average Bonchev–Trinajstić information content (AvgIpc) is 3.56. The number of anilines is 4. The number of fused-ring (bicyclic) bond motifs is 2. The molecule has 5 aromatic rings. The number of piperidine rings is 2. The first-order chi connectivity index (χ1) is 28.9. The van der Waals surface area contributed by atoms with Crippen LogP contribution in [0.15, 0.2) is 47.5 Å². The van der Waals surface area contributed by atoms with E-state index in [1.54, 1.807) is 23.0 Å². The van der Waals surface area contributed by atoms with Gasteiger partial charge >= 0.3 is 0 Å². The number of imide groups is 1. The van der Waals surface area contributed by atoms with Gasteiger partial charge in [0, 0.05) is 88.2 Å². The second kappa shape index (κ2) is 17.0. The molecule has 7 heterocycles. The van der Waals surface area contributed by atoms with Crippen LogP contribution in [0.5, 0.6) is 5.75 Å². The summed E-state index contributed by atoms with van der Waals surface area (Å²) < 4.78 is 24.8. The highest BCUT2D eigenvalue weighted by Gasteiger charge is 2.34. The second-order valence-corrected chi connectivity index (χ2v) is 16.3. The molecular weight excluding hydrogens is 795 g/mol. The lowest BCUT2D eigenvalue weighted by molar-refractivity contribution is -0.134. The molecule has 0 radical (unpaired) electrons. The maximum absolute atomic E-state index is 15.9. The molecule has 0 aliphatic carbocycles. The fourth-order valence-corrected chi connectivity index (χ4v) is 8.48. The minimum Gasteiger partial charge on any atom is -0.478 e. The molecule has 3 amide bonds. The van der Waals surface area contributed by atoms with E-state index in [0.717, 1.165) is 42.8 Å². The SMILES string of the molecule is CNC(=O)COc1cc2cc(Nc3nc(N4CC[C@H](CN5CCN(c6ccc7c(C8CCC(=O)NC8=O)nn(C)c7c6)CC5)[C@@H](F)C4)ncc3Cl)cnc2n(C(C)C)c1=O. The molecule has 4 aromatic heterocycles. The Balaban J connectivity index is 0.879. The molecule has 0 spiro atoms. The summed E-state index contributed by atoms with van der Waals surface area (Å²) in [5.74, 6) is -0.784. The van der Waals surface area contributed by atoms with Crippen LogP contribution in [0, 0.1) is 5.92 Å². The number of ether oxygens (including phenoxy) is 1. The maximum Gasteiger partial charge on any atom is 0.294 e. The lowest BCUT2D eigenvalue weighted by atomic mass is 9.93. The van der Waals surface area contributed by atoms with E-state index in [1.807, 2.05) is 31.9 Å². The van der Waals surface area contributed by atoms with Crippen LogP contribution in [-0.4, -0.2) is 118 Å². The third kappa shape index (κ3) is 8.30. The summed E-state index contributed by atoms with van der Waals surface area (Å²) in [6.45, 7) is 8.01. The normalized spacial score (nSPS) is 20.2. The number of rotatable bonds is 11. The van der Waals surface area contributed by atoms with Crippen molar-refractivity contribution in [1.29, 1.82) is 0 Å². The Morgan fingerprint density at radius 2 is 1.83 bits per heavy atom. The van der Waals surface area contributed by atoms with Crippen molar-refractivity contribution in [3.63, 3.8) is 0 Å². The number of carbonyl (C=O) groups excluding carboxylic acids is 3. The smallest absolute Gasteiger partial charge is 0.294 e. The molecule has 1 aromatic carbocycles. The number of nitrogens with one attached hydrogen (secondary N) is 3. The van der Waals surface area contributed by atoms with Crippen molar-refractivity contribution >= 4 is 74.4 Å². The van der Waals surface area contributed by atoms with Gasteiger partial charge in [-0.1, -0.05) is 11.6 Å². The molecule has 3 fully saturated rings. The molecular formula is C41H48ClFN12O5. The van der Waals surface area contributed by atoms with E-state index >= 15 is 4.39 Å². The zero-order valence-electron chi connectivity index (χ0n) is 34.0. The number of nitrogens with zero attached hydrogens (tertiary/aromatic N) is 9. The van der Waals surface area contributed by atoms with E-state index in [2.05, 4.69) is 57.9 Å². The van der Waals surface area contributed by atoms with Crippen molar-refractivity contribution in [2.24, 2.45) is 13.0 Å². The number of pyridine rings is 2. The minimum atomic E-state index is -1.08. The Kier molecular flexibility index (Phi) is 11.6. The number of likely N-dealkylation sites (N-methyl/N-ethyl adjacent to an activating group) is 1. The summed E-state index contributed by atoms with van der Waals surface area (Å²) in [5.41, 5.74) is 3.30. The number of aromatic nitrogens is 6. The Morgan fingerprint density at radius 1 is 1.03 bits per heavy atom. The number of piperazine rings is 1. The highest BCUT2D eigenvalue weighted by atomic mass is 35.5. The number of benzene rings is 1. The molecule has 3 atom stereocenters. The van der Waals surface area contributed by atoms with Crippen molar-refractivity contribution < 1.29 is 23.5 Å². The first-order valence-electron chi connectivity index (χ1n) is 20.2. The van der Waals surface area contributed by atoms with Crippen LogP contribution >= 0.6 is 11.6 Å². The van der Waals surface area contributed by atoms with Crippen molar-refractivity contribution in [2.45, 2.75) is 51.2 Å². The number of carbonyl (C=O) groups is 3. The zero-order valence-corrected chi connectivity index (χ0v) is 34.7. The van der Waals surface area contributed by atoms with E-state index in [9.17, 15) is 19.2 Å². The van der Waals surface area contributed by atoms with Crippen LogP contribution in [0.1, 0.15) is 50.8 Å². The molecule has 1 unspecified atom stereocenters. The summed E-state index contributed by atoms with van der Waals surface area (Å²) in [7, 11) is 3.36. The van der Waals surface area contributed by atoms with Gasteiger partial charge in [-0.25, -0.2) is 14.4 Å². The topological polar surface area (TPSA) is 185 Å². The molecule has 3 aliphatic rings. The fraction of sp³-hybridized carbons (Fsp3) is 0.463. The van der Waals surface area contributed by atoms with Gasteiger partial charge < -0.3 is 25.2 Å². The quantitative estimate of drug-likeness (QED) is 0.164. The molecule has 60 heavy (non-hydrogen) atoms. The van der Waals surface area contributed by atoms with Crippen LogP contribution in [0.4, 0.5) is 27.5 Å². The van der Waals surface area contributed by atoms with Crippen LogP contribution in [0.3, 0.4) is 0 Å². The molecule has 0 bridgehead atoms. The van der Waals surface area contributed by atoms with E-state index in [-0.39, 0.29) is 53.6 Å². The van der Waals surface area contributed by atoms with Crippen LogP contribution in [-0.2, 0) is 21.4 Å². The van der Waals surface area contributed by atoms with Gasteiger partial charge in [0.05, 0.1) is 41.8 Å². The predicted molar refractivity (Wildman–Crippen MR) is 226 cm³/mol. The standard InChI is InChI=1S/C41H48ClFN12O5/c1-23(2)55-38-25(16-33(40(55)59)60-22-35(57)44-3)15-26(18-45-38)47-37-30(42)19-46-41(49-37)54-10-9-24(31(43)21-54)20-52-11-13-53(14-12-52)27-5-6-28-32(17-27)51(4)50-36(28)29-7-8-34(56)48-39(29)58/h5-6,15-19,23-24,29,31H,7-14,20-22H2,1-4H3,(H,44,57)(H,46,47,49)(H,48,56,58)/t24-,29?,31+/m1/s1. The Bertz CT molecular complexity index is 2520. The molecule has 19 heteroatoms. The number of alkyl halides is 1. The number of amides is 3. The third-order valence-electron chi connectivity index (χ3n) is 11.6. The Labute approximate surface area is 350 Å². The summed E-state index contributed by atoms with van der Waals surface area (Å²) in [6.07, 6.45) is 3.37. The van der Waals surface area contributed by atoms with Crippen molar-refractivity contribution in [1.82, 2.24) is 44.8 Å². The highest BCUT2D eigenvalue weighted by Crippen LogP contribution is 2.34. The molecule has 8 rings (SSSR count). The minimum absolute atomic E-state index is 0.0242. The van der Waals surface area contributed by atoms with E-state index in [1.165, 1.54) is 17.8 Å². The molecule has 3 saturated heterocycles. The van der Waals surface area contributed by atoms with E-state index in [4.69, 9.17) is 16.3 Å². The lowest BCUT2D eigenvalue weighted by Crippen LogP contribution is -2.51. The molecule has 17 nitrogen and oxygen atoms in total. The molecule has 316 valence electrons. The van der Waals surface area contributed by atoms with Gasteiger partial charge in [0.15, 0.2) is 18.2 Å². The Hall–Kier alpha value is -5.88. The van der Waals surface area contributed by atoms with Gasteiger partial charge in [-0.3, -0.25) is 38.6 Å². The molecule has 0 saturated carbocycles. The first-order valence-corrected chi connectivity index (χ1v) is 20.6. The van der Waals surface area contributed by atoms with Crippen molar-refractivity contribution in [3.8, 4) is 5.75 Å². The second-order valence-electron chi connectivity index (χ2n) is 15.9. The van der Waals surface area contributed by atoms with Crippen LogP contribution in [0.25, 0.3) is 21.9 Å². The Morgan fingerprint density at radius 3 is 2.57 bits per heavy atom. The van der Waals surface area contributed by atoms with Crippen LogP contribution in [0.2, 0.25) is 5.02 Å².